The Kier molecular flexibility index (Phi) is 6.26. The maximum absolute atomic E-state index is 13.5. The van der Waals surface area contributed by atoms with E-state index in [1.165, 1.54) is 11.6 Å². The fraction of sp³-hybridized carbons (Fsp3) is 0.350. The fourth-order valence-electron chi connectivity index (χ4n) is 3.57. The van der Waals surface area contributed by atoms with Gasteiger partial charge in [-0.15, -0.1) is 12.4 Å². The monoisotopic (exact) mass is 402 g/mol. The molecule has 28 heavy (non-hydrogen) atoms. The third-order valence-electron chi connectivity index (χ3n) is 4.96. The van der Waals surface area contributed by atoms with Gasteiger partial charge in [-0.25, -0.2) is 9.37 Å². The van der Waals surface area contributed by atoms with Crippen LogP contribution in [0.15, 0.2) is 43.0 Å². The number of hydrogen-bond acceptors (Lipinski definition) is 5. The van der Waals surface area contributed by atoms with Gasteiger partial charge in [-0.3, -0.25) is 14.6 Å². The molecule has 0 radical (unpaired) electrons. The van der Waals surface area contributed by atoms with E-state index < -0.39 is 0 Å². The van der Waals surface area contributed by atoms with Crippen molar-refractivity contribution in [1.82, 2.24) is 24.6 Å². The average Bonchev–Trinajstić information content (AvgIpc) is 3.07. The van der Waals surface area contributed by atoms with Crippen molar-refractivity contribution in [2.24, 2.45) is 7.05 Å². The normalized spacial score (nSPS) is 14.8. The van der Waals surface area contributed by atoms with Gasteiger partial charge in [0.2, 0.25) is 0 Å². The number of nitrogens with zero attached hydrogens (tertiary/aromatic N) is 6. The van der Waals surface area contributed by atoms with Crippen molar-refractivity contribution in [1.29, 1.82) is 0 Å². The van der Waals surface area contributed by atoms with E-state index in [0.29, 0.717) is 0 Å². The Balaban J connectivity index is 0.00000225. The molecule has 0 spiro atoms. The largest absolute Gasteiger partial charge is 0.352 e. The number of rotatable bonds is 4. The van der Waals surface area contributed by atoms with Crippen molar-refractivity contribution in [2.75, 3.05) is 31.1 Å². The lowest BCUT2D eigenvalue weighted by atomic mass is 10.0. The highest BCUT2D eigenvalue weighted by Gasteiger charge is 2.22. The zero-order valence-corrected chi connectivity index (χ0v) is 16.9. The summed E-state index contributed by atoms with van der Waals surface area (Å²) in [6.07, 6.45) is 7.40. The molecule has 0 amide bonds. The topological polar surface area (TPSA) is 50.1 Å². The van der Waals surface area contributed by atoms with E-state index in [-0.39, 0.29) is 18.2 Å². The molecule has 0 atom stereocenters. The number of anilines is 1. The van der Waals surface area contributed by atoms with Gasteiger partial charge in [0.05, 0.1) is 6.20 Å². The zero-order chi connectivity index (χ0) is 18.8. The summed E-state index contributed by atoms with van der Waals surface area (Å²) in [5.41, 5.74) is 3.84. The SMILES string of the molecule is Cc1cc(F)ccc1-c1nccnc1N1CCN(Cc2cnn(C)c2)CC1.Cl. The molecular formula is C20H24ClFN6. The van der Waals surface area contributed by atoms with Gasteiger partial charge in [-0.1, -0.05) is 0 Å². The first-order chi connectivity index (χ1) is 13.1. The molecule has 3 aromatic rings. The van der Waals surface area contributed by atoms with Gasteiger partial charge >= 0.3 is 0 Å². The van der Waals surface area contributed by atoms with Gasteiger partial charge in [-0.05, 0) is 30.7 Å². The number of benzene rings is 1. The summed E-state index contributed by atoms with van der Waals surface area (Å²) in [4.78, 5) is 13.8. The first kappa shape index (κ1) is 20.2. The summed E-state index contributed by atoms with van der Waals surface area (Å²) >= 11 is 0. The van der Waals surface area contributed by atoms with Crippen LogP contribution in [0.25, 0.3) is 11.3 Å². The molecule has 148 valence electrons. The molecule has 1 aliphatic heterocycles. The van der Waals surface area contributed by atoms with E-state index in [1.54, 1.807) is 24.5 Å². The molecule has 0 saturated carbocycles. The lowest BCUT2D eigenvalue weighted by Crippen LogP contribution is -2.46. The van der Waals surface area contributed by atoms with E-state index in [9.17, 15) is 4.39 Å². The van der Waals surface area contributed by atoms with Crippen LogP contribution in [0.4, 0.5) is 10.2 Å². The van der Waals surface area contributed by atoms with Crippen molar-refractivity contribution in [3.63, 3.8) is 0 Å². The van der Waals surface area contributed by atoms with Crippen LogP contribution in [0.2, 0.25) is 0 Å². The Labute approximate surface area is 170 Å². The molecule has 0 bridgehead atoms. The molecule has 0 aliphatic carbocycles. The molecule has 1 aliphatic rings. The summed E-state index contributed by atoms with van der Waals surface area (Å²) < 4.78 is 15.3. The Hall–Kier alpha value is -2.51. The van der Waals surface area contributed by atoms with Gasteiger partial charge in [-0.2, -0.15) is 5.10 Å². The summed E-state index contributed by atoms with van der Waals surface area (Å²) in [6.45, 7) is 6.48. The second kappa shape index (κ2) is 8.67. The van der Waals surface area contributed by atoms with Gasteiger partial charge in [0.25, 0.3) is 0 Å². The van der Waals surface area contributed by atoms with Crippen molar-refractivity contribution >= 4 is 18.2 Å². The molecule has 1 saturated heterocycles. The third kappa shape index (κ3) is 4.31. The van der Waals surface area contributed by atoms with Crippen LogP contribution in [0.3, 0.4) is 0 Å². The van der Waals surface area contributed by atoms with Crippen LogP contribution < -0.4 is 4.90 Å². The second-order valence-corrected chi connectivity index (χ2v) is 6.97. The highest BCUT2D eigenvalue weighted by atomic mass is 35.5. The molecule has 8 heteroatoms. The van der Waals surface area contributed by atoms with Gasteiger partial charge < -0.3 is 4.90 Å². The molecule has 0 N–H and O–H groups in total. The van der Waals surface area contributed by atoms with E-state index in [0.717, 1.165) is 55.4 Å². The van der Waals surface area contributed by atoms with Crippen LogP contribution in [0, 0.1) is 12.7 Å². The maximum atomic E-state index is 13.5. The fourth-order valence-corrected chi connectivity index (χ4v) is 3.57. The highest BCUT2D eigenvalue weighted by Crippen LogP contribution is 2.30. The maximum Gasteiger partial charge on any atom is 0.155 e. The van der Waals surface area contributed by atoms with Crippen LogP contribution in [-0.4, -0.2) is 50.8 Å². The van der Waals surface area contributed by atoms with Crippen LogP contribution in [0.5, 0.6) is 0 Å². The Bertz CT molecular complexity index is 936. The van der Waals surface area contributed by atoms with Gasteiger partial charge in [0.1, 0.15) is 11.5 Å². The van der Waals surface area contributed by atoms with Gasteiger partial charge in [0, 0.05) is 69.5 Å². The smallest absolute Gasteiger partial charge is 0.155 e. The van der Waals surface area contributed by atoms with Crippen molar-refractivity contribution in [3.05, 3.63) is 59.9 Å². The number of piperazine rings is 1. The Morgan fingerprint density at radius 1 is 1.07 bits per heavy atom. The van der Waals surface area contributed by atoms with Gasteiger partial charge in [0.15, 0.2) is 5.82 Å². The first-order valence-electron chi connectivity index (χ1n) is 9.12. The molecule has 3 heterocycles. The summed E-state index contributed by atoms with van der Waals surface area (Å²) in [6, 6.07) is 4.81. The number of aryl methyl sites for hydroxylation is 2. The lowest BCUT2D eigenvalue weighted by Gasteiger charge is -2.35. The molecule has 1 fully saturated rings. The predicted molar refractivity (Wildman–Crippen MR) is 110 cm³/mol. The molecule has 2 aromatic heterocycles. The minimum atomic E-state index is -0.231. The molecule has 0 unspecified atom stereocenters. The third-order valence-corrected chi connectivity index (χ3v) is 4.96. The molecule has 4 rings (SSSR count). The summed E-state index contributed by atoms with van der Waals surface area (Å²) in [7, 11) is 1.94. The predicted octanol–water partition coefficient (Wildman–Crippen LogP) is 3.07. The van der Waals surface area contributed by atoms with Crippen molar-refractivity contribution < 1.29 is 4.39 Å². The first-order valence-corrected chi connectivity index (χ1v) is 9.12. The van der Waals surface area contributed by atoms with E-state index in [1.807, 2.05) is 24.9 Å². The molecular weight excluding hydrogens is 379 g/mol. The minimum Gasteiger partial charge on any atom is -0.352 e. The minimum absolute atomic E-state index is 0. The summed E-state index contributed by atoms with van der Waals surface area (Å²) in [5.74, 6) is 0.638. The molecule has 1 aromatic carbocycles. The van der Waals surface area contributed by atoms with Crippen LogP contribution >= 0.6 is 12.4 Å². The number of aromatic nitrogens is 4. The van der Waals surface area contributed by atoms with Crippen LogP contribution in [-0.2, 0) is 13.6 Å². The van der Waals surface area contributed by atoms with Crippen molar-refractivity contribution in [2.45, 2.75) is 13.5 Å². The molecule has 6 nitrogen and oxygen atoms in total. The number of halogens is 2. The van der Waals surface area contributed by atoms with Crippen LogP contribution in [0.1, 0.15) is 11.1 Å². The quantitative estimate of drug-likeness (QED) is 0.671. The highest BCUT2D eigenvalue weighted by molar-refractivity contribution is 5.85. The zero-order valence-electron chi connectivity index (χ0n) is 16.0. The van der Waals surface area contributed by atoms with Crippen molar-refractivity contribution in [3.8, 4) is 11.3 Å². The standard InChI is InChI=1S/C20H23FN6.ClH/c1-15-11-17(21)3-4-18(15)19-20(23-6-5-22-19)27-9-7-26(8-10-27)14-16-12-24-25(2)13-16;/h3-6,11-13H,7-10,14H2,1-2H3;1H. The lowest BCUT2D eigenvalue weighted by molar-refractivity contribution is 0.249. The summed E-state index contributed by atoms with van der Waals surface area (Å²) in [5, 5.41) is 4.24. The second-order valence-electron chi connectivity index (χ2n) is 6.97. The Morgan fingerprint density at radius 3 is 2.50 bits per heavy atom. The van der Waals surface area contributed by atoms with E-state index in [4.69, 9.17) is 0 Å². The van der Waals surface area contributed by atoms with E-state index in [2.05, 4.69) is 31.1 Å². The number of hydrogen-bond donors (Lipinski definition) is 0. The Morgan fingerprint density at radius 2 is 1.82 bits per heavy atom. The van der Waals surface area contributed by atoms with E-state index >= 15 is 0 Å². The average molecular weight is 403 g/mol.